The molecule has 0 spiro atoms. The Kier molecular flexibility index (Phi) is 4.06. The average Bonchev–Trinajstić information content (AvgIpc) is 2.44. The van der Waals surface area contributed by atoms with Crippen LogP contribution in [0.25, 0.3) is 0 Å². The van der Waals surface area contributed by atoms with E-state index in [1.807, 2.05) is 13.0 Å². The van der Waals surface area contributed by atoms with Crippen molar-refractivity contribution >= 4 is 0 Å². The van der Waals surface area contributed by atoms with E-state index in [0.29, 0.717) is 5.88 Å². The van der Waals surface area contributed by atoms with Crippen molar-refractivity contribution in [1.29, 1.82) is 0 Å². The number of aryl methyl sites for hydroxylation is 1. The number of nitrogens with one attached hydrogen (secondary N) is 1. The molecule has 1 N–H and O–H groups in total. The highest BCUT2D eigenvalue weighted by atomic mass is 19.1. The highest BCUT2D eigenvalue weighted by molar-refractivity contribution is 5.34. The minimum absolute atomic E-state index is 0.200. The van der Waals surface area contributed by atoms with Gasteiger partial charge in [0, 0.05) is 6.07 Å². The number of halogens is 1. The van der Waals surface area contributed by atoms with Crippen LogP contribution in [0.2, 0.25) is 0 Å². The van der Waals surface area contributed by atoms with E-state index in [4.69, 9.17) is 4.74 Å². The van der Waals surface area contributed by atoms with E-state index in [1.165, 1.54) is 19.2 Å². The monoisotopic (exact) mass is 261 g/mol. The molecule has 0 bridgehead atoms. The van der Waals surface area contributed by atoms with Crippen LogP contribution in [0.4, 0.5) is 4.39 Å². The van der Waals surface area contributed by atoms with Gasteiger partial charge in [-0.15, -0.1) is 10.2 Å². The molecule has 0 aliphatic carbocycles. The summed E-state index contributed by atoms with van der Waals surface area (Å²) in [4.78, 5) is 0. The average molecular weight is 261 g/mol. The molecule has 1 heterocycles. The molecule has 19 heavy (non-hydrogen) atoms. The maximum atomic E-state index is 13.4. The quantitative estimate of drug-likeness (QED) is 0.917. The van der Waals surface area contributed by atoms with Gasteiger partial charge in [-0.05, 0) is 43.3 Å². The molecule has 4 nitrogen and oxygen atoms in total. The summed E-state index contributed by atoms with van der Waals surface area (Å²) in [5.74, 6) is 0.192. The standard InChI is InChI=1S/C14H16FN3O/c1-9-4-5-10(15)8-11(9)14(16-2)12-6-7-13(19-3)18-17-12/h4-8,14,16H,1-3H3. The largest absolute Gasteiger partial charge is 0.480 e. The summed E-state index contributed by atoms with van der Waals surface area (Å²) in [6, 6.07) is 8.08. The molecule has 0 fully saturated rings. The molecule has 2 aromatic rings. The van der Waals surface area contributed by atoms with Crippen molar-refractivity contribution < 1.29 is 9.13 Å². The van der Waals surface area contributed by atoms with Gasteiger partial charge in [0.05, 0.1) is 18.8 Å². The van der Waals surface area contributed by atoms with Crippen LogP contribution < -0.4 is 10.1 Å². The first-order valence-corrected chi connectivity index (χ1v) is 5.96. The number of hydrogen-bond donors (Lipinski definition) is 1. The summed E-state index contributed by atoms with van der Waals surface area (Å²) in [6.07, 6.45) is 0. The molecular formula is C14H16FN3O. The van der Waals surface area contributed by atoms with Crippen LogP contribution in [-0.4, -0.2) is 24.4 Å². The van der Waals surface area contributed by atoms with Gasteiger partial charge >= 0.3 is 0 Å². The Labute approximate surface area is 111 Å². The predicted molar refractivity (Wildman–Crippen MR) is 70.6 cm³/mol. The number of hydrogen-bond acceptors (Lipinski definition) is 4. The Bertz CT molecular complexity index is 557. The highest BCUT2D eigenvalue weighted by Crippen LogP contribution is 2.24. The second-order valence-corrected chi connectivity index (χ2v) is 4.22. The summed E-state index contributed by atoms with van der Waals surface area (Å²) in [5, 5.41) is 11.2. The zero-order valence-electron chi connectivity index (χ0n) is 11.1. The van der Waals surface area contributed by atoms with E-state index in [0.717, 1.165) is 16.8 Å². The summed E-state index contributed by atoms with van der Waals surface area (Å²) >= 11 is 0. The predicted octanol–water partition coefficient (Wildman–Crippen LogP) is 2.24. The van der Waals surface area contributed by atoms with E-state index in [1.54, 1.807) is 19.2 Å². The maximum absolute atomic E-state index is 13.4. The molecule has 2 rings (SSSR count). The third kappa shape index (κ3) is 2.88. The minimum atomic E-state index is -0.262. The topological polar surface area (TPSA) is 47.0 Å². The van der Waals surface area contributed by atoms with E-state index < -0.39 is 0 Å². The van der Waals surface area contributed by atoms with E-state index in [9.17, 15) is 4.39 Å². The van der Waals surface area contributed by atoms with Crippen molar-refractivity contribution in [3.8, 4) is 5.88 Å². The maximum Gasteiger partial charge on any atom is 0.233 e. The molecule has 1 aromatic heterocycles. The van der Waals surface area contributed by atoms with Crippen LogP contribution in [0.3, 0.4) is 0 Å². The first kappa shape index (κ1) is 13.4. The van der Waals surface area contributed by atoms with Crippen molar-refractivity contribution in [2.45, 2.75) is 13.0 Å². The molecule has 0 radical (unpaired) electrons. The molecule has 1 aromatic carbocycles. The number of methoxy groups -OCH3 is 1. The first-order chi connectivity index (χ1) is 9.15. The van der Waals surface area contributed by atoms with Crippen LogP contribution in [0, 0.1) is 12.7 Å². The molecule has 0 saturated heterocycles. The molecule has 1 atom stereocenters. The molecule has 100 valence electrons. The molecule has 5 heteroatoms. The van der Waals surface area contributed by atoms with Gasteiger partial charge in [0.1, 0.15) is 5.82 Å². The third-order valence-corrected chi connectivity index (χ3v) is 3.01. The molecule has 0 aliphatic rings. The van der Waals surface area contributed by atoms with Gasteiger partial charge in [0.15, 0.2) is 0 Å². The van der Waals surface area contributed by atoms with Gasteiger partial charge < -0.3 is 10.1 Å². The SMILES string of the molecule is CNC(c1ccc(OC)nn1)c1cc(F)ccc1C. The van der Waals surface area contributed by atoms with E-state index >= 15 is 0 Å². The molecule has 0 saturated carbocycles. The van der Waals surface area contributed by atoms with Crippen LogP contribution in [0.5, 0.6) is 5.88 Å². The van der Waals surface area contributed by atoms with Gasteiger partial charge in [-0.3, -0.25) is 0 Å². The summed E-state index contributed by atoms with van der Waals surface area (Å²) in [5.41, 5.74) is 2.57. The van der Waals surface area contributed by atoms with Crippen LogP contribution in [0.15, 0.2) is 30.3 Å². The number of benzene rings is 1. The fourth-order valence-electron chi connectivity index (χ4n) is 1.98. The normalized spacial score (nSPS) is 12.2. The highest BCUT2D eigenvalue weighted by Gasteiger charge is 2.17. The summed E-state index contributed by atoms with van der Waals surface area (Å²) in [6.45, 7) is 1.94. The van der Waals surface area contributed by atoms with Crippen molar-refractivity contribution in [3.63, 3.8) is 0 Å². The Hall–Kier alpha value is -2.01. The fraction of sp³-hybridized carbons (Fsp3) is 0.286. The minimum Gasteiger partial charge on any atom is -0.480 e. The van der Waals surface area contributed by atoms with Crippen LogP contribution in [0.1, 0.15) is 22.9 Å². The molecule has 0 amide bonds. The van der Waals surface area contributed by atoms with Crippen molar-refractivity contribution in [2.24, 2.45) is 0 Å². The number of aromatic nitrogens is 2. The second kappa shape index (κ2) is 5.75. The van der Waals surface area contributed by atoms with Crippen LogP contribution in [-0.2, 0) is 0 Å². The van der Waals surface area contributed by atoms with Crippen molar-refractivity contribution in [2.75, 3.05) is 14.2 Å². The summed E-state index contributed by atoms with van der Waals surface area (Å²) in [7, 11) is 3.34. The lowest BCUT2D eigenvalue weighted by Crippen LogP contribution is -2.20. The number of nitrogens with zero attached hydrogens (tertiary/aromatic N) is 2. The number of rotatable bonds is 4. The first-order valence-electron chi connectivity index (χ1n) is 5.96. The van der Waals surface area contributed by atoms with E-state index in [-0.39, 0.29) is 11.9 Å². The molecular weight excluding hydrogens is 245 g/mol. The van der Waals surface area contributed by atoms with Gasteiger partial charge in [-0.2, -0.15) is 0 Å². The Morgan fingerprint density at radius 1 is 1.21 bits per heavy atom. The smallest absolute Gasteiger partial charge is 0.233 e. The second-order valence-electron chi connectivity index (χ2n) is 4.22. The molecule has 1 unspecified atom stereocenters. The summed E-state index contributed by atoms with van der Waals surface area (Å²) < 4.78 is 18.4. The molecule has 0 aliphatic heterocycles. The Morgan fingerprint density at radius 2 is 2.00 bits per heavy atom. The lowest BCUT2D eigenvalue weighted by Gasteiger charge is -2.18. The Morgan fingerprint density at radius 3 is 2.58 bits per heavy atom. The third-order valence-electron chi connectivity index (χ3n) is 3.01. The van der Waals surface area contributed by atoms with Crippen molar-refractivity contribution in [3.05, 3.63) is 53.0 Å². The van der Waals surface area contributed by atoms with Crippen molar-refractivity contribution in [1.82, 2.24) is 15.5 Å². The lowest BCUT2D eigenvalue weighted by molar-refractivity contribution is 0.390. The fourth-order valence-corrected chi connectivity index (χ4v) is 1.98. The Balaban J connectivity index is 2.40. The lowest BCUT2D eigenvalue weighted by atomic mass is 9.98. The van der Waals surface area contributed by atoms with Gasteiger partial charge in [0.2, 0.25) is 5.88 Å². The van der Waals surface area contributed by atoms with E-state index in [2.05, 4.69) is 15.5 Å². The van der Waals surface area contributed by atoms with Gasteiger partial charge in [0.25, 0.3) is 0 Å². The number of ether oxygens (including phenoxy) is 1. The zero-order valence-corrected chi connectivity index (χ0v) is 11.1. The van der Waals surface area contributed by atoms with Gasteiger partial charge in [-0.25, -0.2) is 4.39 Å². The van der Waals surface area contributed by atoms with Crippen LogP contribution >= 0.6 is 0 Å². The zero-order chi connectivity index (χ0) is 13.8. The van der Waals surface area contributed by atoms with Gasteiger partial charge in [-0.1, -0.05) is 6.07 Å².